The average molecular weight is 315 g/mol. The van der Waals surface area contributed by atoms with Crippen LogP contribution >= 0.6 is 23.2 Å². The number of nitrogens with zero attached hydrogens (tertiary/aromatic N) is 1. The van der Waals surface area contributed by atoms with Gasteiger partial charge in [-0.25, -0.2) is 0 Å². The molecule has 0 aromatic heterocycles. The van der Waals surface area contributed by atoms with Crippen LogP contribution in [0.25, 0.3) is 0 Å². The molecule has 1 fully saturated rings. The topological polar surface area (TPSA) is 15.3 Å². The first-order chi connectivity index (χ1) is 9.54. The second-order valence-electron chi connectivity index (χ2n) is 6.18. The highest BCUT2D eigenvalue weighted by molar-refractivity contribution is 6.33. The Bertz CT molecular complexity index is 428. The van der Waals surface area contributed by atoms with Gasteiger partial charge in [-0.15, -0.1) is 0 Å². The minimum atomic E-state index is 0.655. The summed E-state index contributed by atoms with van der Waals surface area (Å²) in [6.45, 7) is 9.93. The molecule has 1 saturated heterocycles. The lowest BCUT2D eigenvalue weighted by atomic mass is 10.1. The minimum absolute atomic E-state index is 0.655. The number of hydrogen-bond donors (Lipinski definition) is 1. The summed E-state index contributed by atoms with van der Waals surface area (Å²) in [7, 11) is 0. The molecule has 1 atom stereocenters. The van der Waals surface area contributed by atoms with Crippen LogP contribution in [0.1, 0.15) is 25.8 Å². The first kappa shape index (κ1) is 16.1. The van der Waals surface area contributed by atoms with Crippen molar-refractivity contribution in [1.29, 1.82) is 0 Å². The normalized spacial score (nSPS) is 19.2. The Hall–Kier alpha value is -0.280. The van der Waals surface area contributed by atoms with E-state index in [2.05, 4.69) is 24.1 Å². The summed E-state index contributed by atoms with van der Waals surface area (Å²) in [5.41, 5.74) is 1.13. The second-order valence-corrected chi connectivity index (χ2v) is 7.03. The Morgan fingerprint density at radius 3 is 2.80 bits per heavy atom. The number of halogens is 2. The summed E-state index contributed by atoms with van der Waals surface area (Å²) in [6, 6.07) is 5.73. The van der Waals surface area contributed by atoms with E-state index in [9.17, 15) is 0 Å². The van der Waals surface area contributed by atoms with Crippen molar-refractivity contribution >= 4 is 23.2 Å². The summed E-state index contributed by atoms with van der Waals surface area (Å²) in [5, 5.41) is 5.01. The fourth-order valence-corrected chi connectivity index (χ4v) is 3.23. The average Bonchev–Trinajstić information content (AvgIpc) is 2.86. The molecule has 1 aliphatic rings. The van der Waals surface area contributed by atoms with Gasteiger partial charge in [0.25, 0.3) is 0 Å². The van der Waals surface area contributed by atoms with Crippen molar-refractivity contribution in [2.24, 2.45) is 11.8 Å². The highest BCUT2D eigenvalue weighted by Crippen LogP contribution is 2.23. The predicted molar refractivity (Wildman–Crippen MR) is 87.6 cm³/mol. The van der Waals surface area contributed by atoms with Gasteiger partial charge < -0.3 is 5.32 Å². The van der Waals surface area contributed by atoms with Crippen molar-refractivity contribution in [3.63, 3.8) is 0 Å². The largest absolute Gasteiger partial charge is 0.316 e. The smallest absolute Gasteiger partial charge is 0.0452 e. The lowest BCUT2D eigenvalue weighted by Crippen LogP contribution is -2.33. The first-order valence-corrected chi connectivity index (χ1v) is 8.17. The van der Waals surface area contributed by atoms with Crippen molar-refractivity contribution < 1.29 is 0 Å². The molecule has 1 aromatic carbocycles. The van der Waals surface area contributed by atoms with Gasteiger partial charge in [-0.2, -0.15) is 0 Å². The SMILES string of the molecule is CC(C)CN(Cc1cc(Cl)ccc1Cl)C[C@@H]1CCNC1. The maximum absolute atomic E-state index is 6.30. The molecule has 0 radical (unpaired) electrons. The van der Waals surface area contributed by atoms with Crippen LogP contribution in [0.4, 0.5) is 0 Å². The molecule has 1 N–H and O–H groups in total. The van der Waals surface area contributed by atoms with Gasteiger partial charge in [-0.1, -0.05) is 37.0 Å². The number of benzene rings is 1. The number of rotatable bonds is 6. The third-order valence-corrected chi connectivity index (χ3v) is 4.31. The zero-order chi connectivity index (χ0) is 14.5. The van der Waals surface area contributed by atoms with E-state index in [1.165, 1.54) is 6.42 Å². The molecular weight excluding hydrogens is 291 g/mol. The Morgan fingerprint density at radius 2 is 2.15 bits per heavy atom. The minimum Gasteiger partial charge on any atom is -0.316 e. The molecule has 0 saturated carbocycles. The first-order valence-electron chi connectivity index (χ1n) is 7.41. The van der Waals surface area contributed by atoms with E-state index in [1.807, 2.05) is 18.2 Å². The third-order valence-electron chi connectivity index (χ3n) is 3.70. The van der Waals surface area contributed by atoms with Gasteiger partial charge in [0.2, 0.25) is 0 Å². The molecule has 0 bridgehead atoms. The van der Waals surface area contributed by atoms with Crippen LogP contribution < -0.4 is 5.32 Å². The monoisotopic (exact) mass is 314 g/mol. The van der Waals surface area contributed by atoms with Crippen molar-refractivity contribution in [2.45, 2.75) is 26.8 Å². The highest BCUT2D eigenvalue weighted by Gasteiger charge is 2.19. The lowest BCUT2D eigenvalue weighted by molar-refractivity contribution is 0.205. The van der Waals surface area contributed by atoms with E-state index in [1.54, 1.807) is 0 Å². The summed E-state index contributed by atoms with van der Waals surface area (Å²) >= 11 is 12.4. The molecule has 0 amide bonds. The maximum atomic E-state index is 6.30. The van der Waals surface area contributed by atoms with E-state index < -0.39 is 0 Å². The lowest BCUT2D eigenvalue weighted by Gasteiger charge is -2.27. The Morgan fingerprint density at radius 1 is 1.35 bits per heavy atom. The standard InChI is InChI=1S/C16H24Cl2N2/c1-12(2)9-20(10-13-5-6-19-8-13)11-14-7-15(17)3-4-16(14)18/h3-4,7,12-13,19H,5-6,8-11H2,1-2H3/t13-/m1/s1. The Balaban J connectivity index is 2.03. The molecule has 0 spiro atoms. The third kappa shape index (κ3) is 4.92. The summed E-state index contributed by atoms with van der Waals surface area (Å²) in [4.78, 5) is 2.51. The fraction of sp³-hybridized carbons (Fsp3) is 0.625. The van der Waals surface area contributed by atoms with Gasteiger partial charge in [0.1, 0.15) is 0 Å². The van der Waals surface area contributed by atoms with Crippen molar-refractivity contribution in [2.75, 3.05) is 26.2 Å². The van der Waals surface area contributed by atoms with Crippen molar-refractivity contribution in [3.05, 3.63) is 33.8 Å². The van der Waals surface area contributed by atoms with Crippen LogP contribution in [0, 0.1) is 11.8 Å². The second kappa shape index (κ2) is 7.65. The van der Waals surface area contributed by atoms with Gasteiger partial charge >= 0.3 is 0 Å². The highest BCUT2D eigenvalue weighted by atomic mass is 35.5. The van der Waals surface area contributed by atoms with Crippen LogP contribution in [0.2, 0.25) is 10.0 Å². The predicted octanol–water partition coefficient (Wildman–Crippen LogP) is 4.06. The zero-order valence-electron chi connectivity index (χ0n) is 12.3. The molecule has 2 nitrogen and oxygen atoms in total. The van der Waals surface area contributed by atoms with Crippen LogP contribution in [-0.4, -0.2) is 31.1 Å². The van der Waals surface area contributed by atoms with E-state index in [0.29, 0.717) is 5.92 Å². The number of hydrogen-bond acceptors (Lipinski definition) is 2. The maximum Gasteiger partial charge on any atom is 0.0452 e. The quantitative estimate of drug-likeness (QED) is 0.851. The van der Waals surface area contributed by atoms with Crippen LogP contribution in [0.15, 0.2) is 18.2 Å². The van der Waals surface area contributed by atoms with E-state index in [-0.39, 0.29) is 0 Å². The van der Waals surface area contributed by atoms with Gasteiger partial charge in [0, 0.05) is 29.7 Å². The summed E-state index contributed by atoms with van der Waals surface area (Å²) < 4.78 is 0. The van der Waals surface area contributed by atoms with Gasteiger partial charge in [0.15, 0.2) is 0 Å². The molecule has 0 aliphatic carbocycles. The van der Waals surface area contributed by atoms with E-state index in [4.69, 9.17) is 23.2 Å². The number of nitrogens with one attached hydrogen (secondary N) is 1. The van der Waals surface area contributed by atoms with Crippen molar-refractivity contribution in [3.8, 4) is 0 Å². The van der Waals surface area contributed by atoms with Gasteiger partial charge in [-0.3, -0.25) is 4.90 Å². The molecule has 4 heteroatoms. The zero-order valence-corrected chi connectivity index (χ0v) is 13.8. The summed E-state index contributed by atoms with van der Waals surface area (Å²) in [6.07, 6.45) is 1.28. The van der Waals surface area contributed by atoms with Crippen LogP contribution in [-0.2, 0) is 6.54 Å². The Kier molecular flexibility index (Phi) is 6.16. The van der Waals surface area contributed by atoms with Crippen LogP contribution in [0.3, 0.4) is 0 Å². The van der Waals surface area contributed by atoms with Gasteiger partial charge in [0.05, 0.1) is 0 Å². The van der Waals surface area contributed by atoms with E-state index in [0.717, 1.165) is 54.3 Å². The van der Waals surface area contributed by atoms with E-state index >= 15 is 0 Å². The molecular formula is C16H24Cl2N2. The molecule has 112 valence electrons. The van der Waals surface area contributed by atoms with Crippen LogP contribution in [0.5, 0.6) is 0 Å². The summed E-state index contributed by atoms with van der Waals surface area (Å²) in [5.74, 6) is 1.41. The molecule has 20 heavy (non-hydrogen) atoms. The molecule has 1 heterocycles. The molecule has 1 aliphatic heterocycles. The molecule has 0 unspecified atom stereocenters. The Labute approximate surface area is 132 Å². The molecule has 1 aromatic rings. The molecule has 2 rings (SSSR count). The van der Waals surface area contributed by atoms with Gasteiger partial charge in [-0.05, 0) is 55.1 Å². The van der Waals surface area contributed by atoms with Crippen molar-refractivity contribution in [1.82, 2.24) is 10.2 Å². The fourth-order valence-electron chi connectivity index (χ4n) is 2.86.